The van der Waals surface area contributed by atoms with Crippen molar-refractivity contribution in [3.63, 3.8) is 0 Å². The number of nitrogens with two attached hydrogens (primary N) is 1. The molecule has 0 spiro atoms. The van der Waals surface area contributed by atoms with Crippen molar-refractivity contribution in [2.24, 2.45) is 0 Å². The van der Waals surface area contributed by atoms with Gasteiger partial charge in [0.05, 0.1) is 5.56 Å². The van der Waals surface area contributed by atoms with Gasteiger partial charge in [0.15, 0.2) is 0 Å². The maximum Gasteiger partial charge on any atom is 0.257 e. The van der Waals surface area contributed by atoms with E-state index in [1.165, 1.54) is 17.0 Å². The average Bonchev–Trinajstić information content (AvgIpc) is 2.81. The van der Waals surface area contributed by atoms with Gasteiger partial charge in [-0.25, -0.2) is 4.39 Å². The van der Waals surface area contributed by atoms with Crippen LogP contribution in [-0.4, -0.2) is 50.3 Å². The van der Waals surface area contributed by atoms with Crippen LogP contribution in [0.25, 0.3) is 0 Å². The van der Waals surface area contributed by atoms with Gasteiger partial charge in [-0.2, -0.15) is 0 Å². The summed E-state index contributed by atoms with van der Waals surface area (Å²) in [5.41, 5.74) is 5.77. The second-order valence-corrected chi connectivity index (χ2v) is 4.50. The molecule has 0 aliphatic carbocycles. The van der Waals surface area contributed by atoms with E-state index in [0.29, 0.717) is 18.8 Å². The van der Waals surface area contributed by atoms with Gasteiger partial charge in [0.25, 0.3) is 5.91 Å². The number of benzene rings is 1. The van der Waals surface area contributed by atoms with Gasteiger partial charge in [0.2, 0.25) is 0 Å². The molecule has 1 aromatic carbocycles. The fraction of sp³-hybridized carbons (Fsp3) is 0.462. The lowest BCUT2D eigenvalue weighted by molar-refractivity contribution is -0.00461. The summed E-state index contributed by atoms with van der Waals surface area (Å²) in [4.78, 5) is 13.8. The Labute approximate surface area is 111 Å². The van der Waals surface area contributed by atoms with Crippen molar-refractivity contribution in [2.45, 2.75) is 12.2 Å². The Balaban J connectivity index is 2.17. The predicted octanol–water partition coefficient (Wildman–Crippen LogP) is 0.894. The van der Waals surface area contributed by atoms with Crippen LogP contribution in [0.5, 0.6) is 0 Å². The highest BCUT2D eigenvalue weighted by atomic mass is 19.1. The number of amides is 1. The largest absolute Gasteiger partial charge is 0.399 e. The maximum absolute atomic E-state index is 13.7. The molecule has 1 amide bonds. The number of carbonyl (C=O) groups excluding carboxylic acids is 1. The smallest absolute Gasteiger partial charge is 0.257 e. The summed E-state index contributed by atoms with van der Waals surface area (Å²) in [7, 11) is 3.13. The maximum atomic E-state index is 13.7. The number of anilines is 1. The van der Waals surface area contributed by atoms with Gasteiger partial charge in [-0.05, 0) is 18.2 Å². The Morgan fingerprint density at radius 1 is 1.32 bits per heavy atom. The van der Waals surface area contributed by atoms with Gasteiger partial charge in [-0.15, -0.1) is 0 Å². The number of hydrogen-bond donors (Lipinski definition) is 1. The van der Waals surface area contributed by atoms with E-state index in [1.807, 2.05) is 0 Å². The Bertz CT molecular complexity index is 469. The number of nitrogen functional groups attached to an aromatic ring is 1. The highest BCUT2D eigenvalue weighted by molar-refractivity contribution is 5.95. The normalized spacial score (nSPS) is 22.8. The van der Waals surface area contributed by atoms with Crippen LogP contribution in [0.1, 0.15) is 10.4 Å². The van der Waals surface area contributed by atoms with Crippen molar-refractivity contribution >= 4 is 11.6 Å². The SMILES string of the molecule is COC1CN(C(=O)c2ccc(N)cc2F)CC1OC. The minimum atomic E-state index is -0.611. The molecular weight excluding hydrogens is 251 g/mol. The topological polar surface area (TPSA) is 64.8 Å². The van der Waals surface area contributed by atoms with E-state index in [9.17, 15) is 9.18 Å². The van der Waals surface area contributed by atoms with Gasteiger partial charge in [0.1, 0.15) is 18.0 Å². The highest BCUT2D eigenvalue weighted by Gasteiger charge is 2.36. The molecule has 2 rings (SSSR count). The number of rotatable bonds is 3. The monoisotopic (exact) mass is 268 g/mol. The summed E-state index contributed by atoms with van der Waals surface area (Å²) in [5, 5.41) is 0. The van der Waals surface area contributed by atoms with Crippen LogP contribution in [0.3, 0.4) is 0 Å². The molecule has 1 aliphatic heterocycles. The van der Waals surface area contributed by atoms with E-state index in [1.54, 1.807) is 14.2 Å². The van der Waals surface area contributed by atoms with Gasteiger partial charge in [-0.1, -0.05) is 0 Å². The van der Waals surface area contributed by atoms with E-state index in [-0.39, 0.29) is 23.7 Å². The number of nitrogens with zero attached hydrogens (tertiary/aromatic N) is 1. The molecule has 1 aromatic rings. The lowest BCUT2D eigenvalue weighted by Gasteiger charge is -2.16. The molecule has 2 N–H and O–H groups in total. The van der Waals surface area contributed by atoms with Crippen LogP contribution in [0.15, 0.2) is 18.2 Å². The average molecular weight is 268 g/mol. The van der Waals surface area contributed by atoms with E-state index >= 15 is 0 Å². The Hall–Kier alpha value is -1.66. The van der Waals surface area contributed by atoms with Crippen LogP contribution in [0.4, 0.5) is 10.1 Å². The first-order valence-corrected chi connectivity index (χ1v) is 5.96. The third-order valence-corrected chi connectivity index (χ3v) is 3.33. The molecule has 1 fully saturated rings. The van der Waals surface area contributed by atoms with Crippen molar-refractivity contribution in [3.8, 4) is 0 Å². The molecule has 1 saturated heterocycles. The van der Waals surface area contributed by atoms with Gasteiger partial charge in [-0.3, -0.25) is 4.79 Å². The third kappa shape index (κ3) is 2.69. The van der Waals surface area contributed by atoms with E-state index in [0.717, 1.165) is 6.07 Å². The molecule has 2 unspecified atom stereocenters. The van der Waals surface area contributed by atoms with Crippen LogP contribution in [-0.2, 0) is 9.47 Å². The van der Waals surface area contributed by atoms with E-state index in [4.69, 9.17) is 15.2 Å². The summed E-state index contributed by atoms with van der Waals surface area (Å²) >= 11 is 0. The van der Waals surface area contributed by atoms with Crippen LogP contribution in [0.2, 0.25) is 0 Å². The number of halogens is 1. The van der Waals surface area contributed by atoms with Crippen molar-refractivity contribution in [1.29, 1.82) is 0 Å². The lowest BCUT2D eigenvalue weighted by atomic mass is 10.1. The number of methoxy groups -OCH3 is 2. The Morgan fingerprint density at radius 2 is 1.89 bits per heavy atom. The van der Waals surface area contributed by atoms with E-state index in [2.05, 4.69) is 0 Å². The molecule has 19 heavy (non-hydrogen) atoms. The Morgan fingerprint density at radius 3 is 2.37 bits per heavy atom. The number of likely N-dealkylation sites (tertiary alicyclic amines) is 1. The minimum absolute atomic E-state index is 0.0146. The molecule has 0 aromatic heterocycles. The standard InChI is InChI=1S/C13H17FN2O3/c1-18-11-6-16(7-12(11)19-2)13(17)9-4-3-8(15)5-10(9)14/h3-5,11-12H,6-7,15H2,1-2H3. The zero-order valence-electron chi connectivity index (χ0n) is 10.9. The summed E-state index contributed by atoms with van der Waals surface area (Å²) < 4.78 is 24.2. The molecule has 104 valence electrons. The molecule has 2 atom stereocenters. The molecule has 1 heterocycles. The highest BCUT2D eigenvalue weighted by Crippen LogP contribution is 2.20. The zero-order valence-corrected chi connectivity index (χ0v) is 10.9. The summed E-state index contributed by atoms with van der Waals surface area (Å²) in [6, 6.07) is 4.05. The predicted molar refractivity (Wildman–Crippen MR) is 68.3 cm³/mol. The second-order valence-electron chi connectivity index (χ2n) is 4.50. The molecular formula is C13H17FN2O3. The molecule has 0 bridgehead atoms. The molecule has 0 radical (unpaired) electrons. The number of ether oxygens (including phenoxy) is 2. The first kappa shape index (κ1) is 13.8. The van der Waals surface area contributed by atoms with Crippen molar-refractivity contribution in [1.82, 2.24) is 4.90 Å². The fourth-order valence-corrected chi connectivity index (χ4v) is 2.24. The molecule has 1 aliphatic rings. The zero-order chi connectivity index (χ0) is 14.0. The van der Waals surface area contributed by atoms with Crippen LogP contribution in [0, 0.1) is 5.82 Å². The van der Waals surface area contributed by atoms with Gasteiger partial charge < -0.3 is 20.1 Å². The second kappa shape index (κ2) is 5.54. The minimum Gasteiger partial charge on any atom is -0.399 e. The summed E-state index contributed by atoms with van der Waals surface area (Å²) in [5.74, 6) is -0.987. The van der Waals surface area contributed by atoms with Crippen LogP contribution < -0.4 is 5.73 Å². The lowest BCUT2D eigenvalue weighted by Crippen LogP contribution is -2.30. The first-order valence-electron chi connectivity index (χ1n) is 5.96. The van der Waals surface area contributed by atoms with Crippen molar-refractivity contribution in [2.75, 3.05) is 33.0 Å². The number of carbonyl (C=O) groups is 1. The van der Waals surface area contributed by atoms with Crippen LogP contribution >= 0.6 is 0 Å². The molecule has 6 heteroatoms. The fourth-order valence-electron chi connectivity index (χ4n) is 2.24. The Kier molecular flexibility index (Phi) is 4.01. The van der Waals surface area contributed by atoms with Gasteiger partial charge >= 0.3 is 0 Å². The summed E-state index contributed by atoms with van der Waals surface area (Å²) in [6.07, 6.45) is -0.378. The quantitative estimate of drug-likeness (QED) is 0.827. The first-order chi connectivity index (χ1) is 9.06. The van der Waals surface area contributed by atoms with Crippen molar-refractivity contribution in [3.05, 3.63) is 29.6 Å². The van der Waals surface area contributed by atoms with Crippen molar-refractivity contribution < 1.29 is 18.7 Å². The summed E-state index contributed by atoms with van der Waals surface area (Å²) in [6.45, 7) is 0.773. The van der Waals surface area contributed by atoms with Gasteiger partial charge in [0, 0.05) is 33.0 Å². The third-order valence-electron chi connectivity index (χ3n) is 3.33. The van der Waals surface area contributed by atoms with E-state index < -0.39 is 5.82 Å². The molecule has 0 saturated carbocycles. The number of hydrogen-bond acceptors (Lipinski definition) is 4. The molecule has 5 nitrogen and oxygen atoms in total.